The molecule has 1 amide bonds. The Morgan fingerprint density at radius 3 is 2.95 bits per heavy atom. The van der Waals surface area contributed by atoms with Crippen LogP contribution in [-0.2, 0) is 0 Å². The highest BCUT2D eigenvalue weighted by molar-refractivity contribution is 5.94. The Morgan fingerprint density at radius 2 is 2.24 bits per heavy atom. The van der Waals surface area contributed by atoms with E-state index in [1.807, 2.05) is 24.3 Å². The Balaban J connectivity index is 1.48. The lowest BCUT2D eigenvalue weighted by molar-refractivity contribution is 0.0950. The number of carbonyl (C=O) groups excluding carboxylic acids is 1. The molecule has 1 aromatic carbocycles. The van der Waals surface area contributed by atoms with Gasteiger partial charge in [-0.3, -0.25) is 9.69 Å². The van der Waals surface area contributed by atoms with Crippen LogP contribution >= 0.6 is 0 Å². The van der Waals surface area contributed by atoms with Crippen molar-refractivity contribution in [2.75, 3.05) is 19.7 Å². The number of hydrogen-bond acceptors (Lipinski definition) is 3. The monoisotopic (exact) mass is 288 g/mol. The van der Waals surface area contributed by atoms with Gasteiger partial charge in [-0.2, -0.15) is 0 Å². The van der Waals surface area contributed by atoms with Gasteiger partial charge < -0.3 is 10.1 Å². The van der Waals surface area contributed by atoms with Crippen LogP contribution in [0.4, 0.5) is 0 Å². The van der Waals surface area contributed by atoms with Crippen LogP contribution in [0.15, 0.2) is 24.3 Å². The third-order valence-electron chi connectivity index (χ3n) is 3.88. The first-order valence-corrected chi connectivity index (χ1v) is 7.89. The minimum absolute atomic E-state index is 0.0100. The van der Waals surface area contributed by atoms with E-state index in [0.717, 1.165) is 31.7 Å². The fourth-order valence-corrected chi connectivity index (χ4v) is 2.49. The fraction of sp³-hybridized carbons (Fsp3) is 0.588. The summed E-state index contributed by atoms with van der Waals surface area (Å²) in [6, 6.07) is 8.41. The smallest absolute Gasteiger partial charge is 0.251 e. The summed E-state index contributed by atoms with van der Waals surface area (Å²) >= 11 is 0. The molecule has 1 aliphatic carbocycles. The molecule has 1 saturated carbocycles. The van der Waals surface area contributed by atoms with E-state index in [1.54, 1.807) is 0 Å². The summed E-state index contributed by atoms with van der Waals surface area (Å²) in [5.41, 5.74) is 0.689. The number of carbonyl (C=O) groups is 1. The van der Waals surface area contributed by atoms with Gasteiger partial charge in [0.1, 0.15) is 12.4 Å². The third kappa shape index (κ3) is 4.21. The molecule has 0 radical (unpaired) electrons. The van der Waals surface area contributed by atoms with Crippen LogP contribution in [-0.4, -0.2) is 42.6 Å². The van der Waals surface area contributed by atoms with Gasteiger partial charge in [0, 0.05) is 24.7 Å². The van der Waals surface area contributed by atoms with Gasteiger partial charge in [-0.05, 0) is 37.0 Å². The highest BCUT2D eigenvalue weighted by atomic mass is 16.5. The van der Waals surface area contributed by atoms with Gasteiger partial charge in [0.2, 0.25) is 0 Å². The quantitative estimate of drug-likeness (QED) is 0.783. The number of nitrogens with one attached hydrogen (secondary N) is 1. The van der Waals surface area contributed by atoms with Crippen molar-refractivity contribution in [1.82, 2.24) is 10.2 Å². The van der Waals surface area contributed by atoms with Gasteiger partial charge in [0.05, 0.1) is 6.04 Å². The zero-order valence-corrected chi connectivity index (χ0v) is 12.8. The molecule has 0 aromatic heterocycles. The summed E-state index contributed by atoms with van der Waals surface area (Å²) in [6.45, 7) is 7.44. The molecular formula is C17H24N2O2. The predicted octanol–water partition coefficient (Wildman–Crippen LogP) is 2.30. The largest absolute Gasteiger partial charge is 0.492 e. The zero-order valence-electron chi connectivity index (χ0n) is 12.8. The van der Waals surface area contributed by atoms with Crippen LogP contribution in [0, 0.1) is 5.92 Å². The van der Waals surface area contributed by atoms with Crippen molar-refractivity contribution in [3.63, 3.8) is 0 Å². The molecule has 1 saturated heterocycles. The Hall–Kier alpha value is -1.55. The summed E-state index contributed by atoms with van der Waals surface area (Å²) in [5.74, 6) is 1.50. The van der Waals surface area contributed by atoms with E-state index in [2.05, 4.69) is 24.1 Å². The number of hydrogen-bond donors (Lipinski definition) is 1. The highest BCUT2D eigenvalue weighted by Gasteiger charge is 2.34. The van der Waals surface area contributed by atoms with E-state index in [0.29, 0.717) is 30.2 Å². The molecule has 4 heteroatoms. The molecule has 1 aliphatic heterocycles. The standard InChI is InChI=1S/C17H24N2O2/c1-12(2)9-19-10-15(19)11-21-16-5-3-4-13(8-16)17(20)18-14-6-7-14/h3-5,8,12,14-15H,6-7,9-11H2,1-2H3,(H,18,20). The van der Waals surface area contributed by atoms with E-state index in [1.165, 1.54) is 0 Å². The Kier molecular flexibility index (Phi) is 4.15. The highest BCUT2D eigenvalue weighted by Crippen LogP contribution is 2.22. The van der Waals surface area contributed by atoms with E-state index in [4.69, 9.17) is 4.74 Å². The maximum atomic E-state index is 12.0. The van der Waals surface area contributed by atoms with Crippen LogP contribution < -0.4 is 10.1 Å². The van der Waals surface area contributed by atoms with Crippen molar-refractivity contribution in [1.29, 1.82) is 0 Å². The summed E-state index contributed by atoms with van der Waals surface area (Å²) in [7, 11) is 0. The number of benzene rings is 1. The number of rotatable bonds is 7. The fourth-order valence-electron chi connectivity index (χ4n) is 2.49. The summed E-state index contributed by atoms with van der Waals surface area (Å²) in [5, 5.41) is 3.00. The molecule has 1 N–H and O–H groups in total. The number of nitrogens with zero attached hydrogens (tertiary/aromatic N) is 1. The Bertz CT molecular complexity index is 511. The molecule has 2 fully saturated rings. The normalized spacial score (nSPS) is 24.0. The topological polar surface area (TPSA) is 41.3 Å². The maximum absolute atomic E-state index is 12.0. The van der Waals surface area contributed by atoms with E-state index < -0.39 is 0 Å². The lowest BCUT2D eigenvalue weighted by Crippen LogP contribution is -2.25. The summed E-state index contributed by atoms with van der Waals surface area (Å²) in [6.07, 6.45) is 2.21. The SMILES string of the molecule is CC(C)CN1CC1COc1cccc(C(=O)NC2CC2)c1. The second kappa shape index (κ2) is 6.06. The minimum Gasteiger partial charge on any atom is -0.492 e. The van der Waals surface area contributed by atoms with Crippen LogP contribution in [0.25, 0.3) is 0 Å². The predicted molar refractivity (Wildman–Crippen MR) is 82.6 cm³/mol. The first-order valence-electron chi connectivity index (χ1n) is 7.89. The second-order valence-electron chi connectivity index (χ2n) is 6.59. The van der Waals surface area contributed by atoms with Crippen molar-refractivity contribution in [2.24, 2.45) is 5.92 Å². The number of amides is 1. The Labute approximate surface area is 126 Å². The molecule has 2 atom stereocenters. The van der Waals surface area contributed by atoms with Crippen molar-refractivity contribution < 1.29 is 9.53 Å². The molecule has 1 aromatic rings. The summed E-state index contributed by atoms with van der Waals surface area (Å²) < 4.78 is 5.83. The molecule has 21 heavy (non-hydrogen) atoms. The average molecular weight is 288 g/mol. The molecule has 2 aliphatic rings. The van der Waals surface area contributed by atoms with E-state index in [9.17, 15) is 4.79 Å². The average Bonchev–Trinajstić information content (AvgIpc) is 3.35. The molecule has 2 unspecified atom stereocenters. The Morgan fingerprint density at radius 1 is 1.43 bits per heavy atom. The van der Waals surface area contributed by atoms with Crippen molar-refractivity contribution >= 4 is 5.91 Å². The summed E-state index contributed by atoms with van der Waals surface area (Å²) in [4.78, 5) is 14.4. The zero-order chi connectivity index (χ0) is 14.8. The molecular weight excluding hydrogens is 264 g/mol. The molecule has 0 bridgehead atoms. The maximum Gasteiger partial charge on any atom is 0.251 e. The lowest BCUT2D eigenvalue weighted by Gasteiger charge is -2.09. The second-order valence-corrected chi connectivity index (χ2v) is 6.59. The molecule has 4 nitrogen and oxygen atoms in total. The van der Waals surface area contributed by atoms with Crippen LogP contribution in [0.5, 0.6) is 5.75 Å². The van der Waals surface area contributed by atoms with Gasteiger partial charge in [-0.1, -0.05) is 19.9 Å². The number of ether oxygens (including phenoxy) is 1. The van der Waals surface area contributed by atoms with E-state index >= 15 is 0 Å². The van der Waals surface area contributed by atoms with Gasteiger partial charge in [0.25, 0.3) is 5.91 Å². The van der Waals surface area contributed by atoms with E-state index in [-0.39, 0.29) is 5.91 Å². The van der Waals surface area contributed by atoms with Crippen LogP contribution in [0.2, 0.25) is 0 Å². The van der Waals surface area contributed by atoms with Gasteiger partial charge in [0.15, 0.2) is 0 Å². The molecule has 0 spiro atoms. The minimum atomic E-state index is 0.0100. The van der Waals surface area contributed by atoms with Crippen molar-refractivity contribution in [2.45, 2.75) is 38.8 Å². The first kappa shape index (κ1) is 14.4. The molecule has 114 valence electrons. The lowest BCUT2D eigenvalue weighted by atomic mass is 10.2. The van der Waals surface area contributed by atoms with Crippen molar-refractivity contribution in [3.05, 3.63) is 29.8 Å². The first-order chi connectivity index (χ1) is 10.1. The van der Waals surface area contributed by atoms with Crippen molar-refractivity contribution in [3.8, 4) is 5.75 Å². The van der Waals surface area contributed by atoms with Gasteiger partial charge >= 0.3 is 0 Å². The molecule has 1 heterocycles. The molecule has 3 rings (SSSR count). The third-order valence-corrected chi connectivity index (χ3v) is 3.88. The van der Waals surface area contributed by atoms with Gasteiger partial charge in [-0.15, -0.1) is 0 Å². The van der Waals surface area contributed by atoms with Crippen LogP contribution in [0.3, 0.4) is 0 Å². The van der Waals surface area contributed by atoms with Crippen LogP contribution in [0.1, 0.15) is 37.0 Å². The van der Waals surface area contributed by atoms with Gasteiger partial charge in [-0.25, -0.2) is 0 Å².